The number of amides is 2. The van der Waals surface area contributed by atoms with Gasteiger partial charge in [-0.2, -0.15) is 0 Å². The molecule has 0 saturated carbocycles. The minimum atomic E-state index is -0.566. The smallest absolute Gasteiger partial charge is 0.338 e. The first-order chi connectivity index (χ1) is 14.4. The van der Waals surface area contributed by atoms with E-state index in [-0.39, 0.29) is 12.6 Å². The second kappa shape index (κ2) is 9.71. The van der Waals surface area contributed by atoms with E-state index >= 15 is 0 Å². The van der Waals surface area contributed by atoms with Gasteiger partial charge in [0.15, 0.2) is 0 Å². The molecule has 158 valence electrons. The average Bonchev–Trinajstić information content (AvgIpc) is 2.74. The Morgan fingerprint density at radius 2 is 1.87 bits per heavy atom. The molecule has 3 rings (SSSR count). The molecule has 30 heavy (non-hydrogen) atoms. The van der Waals surface area contributed by atoms with Crippen molar-refractivity contribution in [2.45, 2.75) is 31.7 Å². The first kappa shape index (κ1) is 21.8. The van der Waals surface area contributed by atoms with Gasteiger partial charge in [-0.15, -0.1) is 11.8 Å². The summed E-state index contributed by atoms with van der Waals surface area (Å²) in [5, 5.41) is 5.71. The molecule has 2 N–H and O–H groups in total. The Balaban J connectivity index is 1.98. The topological polar surface area (TPSA) is 76.7 Å². The second-order valence-corrected chi connectivity index (χ2v) is 8.02. The number of thioether (sulfide) groups is 1. The van der Waals surface area contributed by atoms with Crippen molar-refractivity contribution in [2.24, 2.45) is 0 Å². The largest absolute Gasteiger partial charge is 0.497 e. The van der Waals surface area contributed by atoms with Crippen molar-refractivity contribution in [3.63, 3.8) is 0 Å². The first-order valence-electron chi connectivity index (χ1n) is 9.74. The maximum atomic E-state index is 12.9. The quantitative estimate of drug-likeness (QED) is 0.511. The maximum Gasteiger partial charge on any atom is 0.338 e. The molecule has 0 aliphatic carbocycles. The Kier molecular flexibility index (Phi) is 7.05. The summed E-state index contributed by atoms with van der Waals surface area (Å²) in [5.74, 6) is 0.770. The monoisotopic (exact) mass is 426 g/mol. The third-order valence-corrected chi connectivity index (χ3v) is 5.88. The van der Waals surface area contributed by atoms with Crippen LogP contribution in [0.25, 0.3) is 0 Å². The van der Waals surface area contributed by atoms with E-state index in [1.165, 1.54) is 11.8 Å². The highest BCUT2D eigenvalue weighted by molar-refractivity contribution is 7.99. The van der Waals surface area contributed by atoms with Crippen LogP contribution in [0.5, 0.6) is 5.75 Å². The third-order valence-electron chi connectivity index (χ3n) is 4.84. The summed E-state index contributed by atoms with van der Waals surface area (Å²) < 4.78 is 10.5. The minimum Gasteiger partial charge on any atom is -0.497 e. The van der Waals surface area contributed by atoms with Gasteiger partial charge < -0.3 is 20.1 Å². The van der Waals surface area contributed by atoms with Gasteiger partial charge in [0.25, 0.3) is 0 Å². The number of aryl methyl sites for hydroxylation is 2. The first-order valence-corrected chi connectivity index (χ1v) is 10.7. The molecule has 2 amide bonds. The van der Waals surface area contributed by atoms with Gasteiger partial charge in [-0.3, -0.25) is 0 Å². The lowest BCUT2D eigenvalue weighted by atomic mass is 9.91. The van der Waals surface area contributed by atoms with Crippen molar-refractivity contribution in [2.75, 3.05) is 19.5 Å². The van der Waals surface area contributed by atoms with Crippen LogP contribution in [0.15, 0.2) is 58.6 Å². The van der Waals surface area contributed by atoms with Crippen molar-refractivity contribution < 1.29 is 19.1 Å². The minimum absolute atomic E-state index is 0.259. The lowest BCUT2D eigenvalue weighted by Gasteiger charge is -2.30. The summed E-state index contributed by atoms with van der Waals surface area (Å²) in [5.41, 5.74) is 3.94. The van der Waals surface area contributed by atoms with Crippen LogP contribution in [0, 0.1) is 13.8 Å². The molecule has 1 unspecified atom stereocenters. The zero-order valence-corrected chi connectivity index (χ0v) is 18.4. The molecule has 1 atom stereocenters. The van der Waals surface area contributed by atoms with Crippen LogP contribution in [0.2, 0.25) is 0 Å². The predicted molar refractivity (Wildman–Crippen MR) is 118 cm³/mol. The third kappa shape index (κ3) is 4.97. The molecule has 1 aliphatic rings. The summed E-state index contributed by atoms with van der Waals surface area (Å²) in [4.78, 5) is 26.3. The molecule has 0 fully saturated rings. The highest BCUT2D eigenvalue weighted by Gasteiger charge is 2.34. The van der Waals surface area contributed by atoms with Crippen molar-refractivity contribution in [3.8, 4) is 5.75 Å². The van der Waals surface area contributed by atoms with Crippen LogP contribution < -0.4 is 15.4 Å². The van der Waals surface area contributed by atoms with Gasteiger partial charge >= 0.3 is 12.0 Å². The normalized spacial score (nSPS) is 16.0. The number of urea groups is 1. The zero-order valence-electron chi connectivity index (χ0n) is 17.6. The van der Waals surface area contributed by atoms with E-state index < -0.39 is 12.0 Å². The SMILES string of the molecule is CCOC(=O)C1=C(CSc2ccc(OC)cc2)NC(=O)NC1c1cc(C)ccc1C. The van der Waals surface area contributed by atoms with E-state index in [2.05, 4.69) is 10.6 Å². The fourth-order valence-corrected chi connectivity index (χ4v) is 4.18. The molecule has 1 heterocycles. The number of esters is 1. The van der Waals surface area contributed by atoms with E-state index in [4.69, 9.17) is 9.47 Å². The summed E-state index contributed by atoms with van der Waals surface area (Å²) in [6.07, 6.45) is 0. The predicted octanol–water partition coefficient (Wildman–Crippen LogP) is 4.28. The molecule has 0 aromatic heterocycles. The molecule has 0 spiro atoms. The van der Waals surface area contributed by atoms with Crippen molar-refractivity contribution in [3.05, 3.63) is 70.4 Å². The van der Waals surface area contributed by atoms with Gasteiger partial charge in [-0.1, -0.05) is 23.8 Å². The number of rotatable bonds is 7. The Hall–Kier alpha value is -2.93. The Morgan fingerprint density at radius 3 is 2.53 bits per heavy atom. The number of benzene rings is 2. The van der Waals surface area contributed by atoms with E-state index in [0.29, 0.717) is 17.0 Å². The van der Waals surface area contributed by atoms with Crippen LogP contribution in [0.4, 0.5) is 4.79 Å². The highest BCUT2D eigenvalue weighted by Crippen LogP contribution is 2.33. The molecule has 2 aromatic carbocycles. The number of methoxy groups -OCH3 is 1. The Morgan fingerprint density at radius 1 is 1.13 bits per heavy atom. The molecule has 2 aromatic rings. The van der Waals surface area contributed by atoms with Gasteiger partial charge in [-0.05, 0) is 56.2 Å². The number of carbonyl (C=O) groups excluding carboxylic acids is 2. The molecule has 0 bridgehead atoms. The maximum absolute atomic E-state index is 12.9. The van der Waals surface area contributed by atoms with Crippen molar-refractivity contribution >= 4 is 23.8 Å². The van der Waals surface area contributed by atoms with E-state index in [1.807, 2.05) is 56.3 Å². The molecular formula is C23H26N2O4S. The molecular weight excluding hydrogens is 400 g/mol. The van der Waals surface area contributed by atoms with Crippen LogP contribution in [-0.2, 0) is 9.53 Å². The zero-order chi connectivity index (χ0) is 21.7. The van der Waals surface area contributed by atoms with Crippen LogP contribution >= 0.6 is 11.8 Å². The molecule has 6 nitrogen and oxygen atoms in total. The summed E-state index contributed by atoms with van der Waals surface area (Å²) >= 11 is 1.53. The second-order valence-electron chi connectivity index (χ2n) is 6.97. The number of hydrogen-bond acceptors (Lipinski definition) is 5. The van der Waals surface area contributed by atoms with E-state index in [1.54, 1.807) is 14.0 Å². The van der Waals surface area contributed by atoms with Gasteiger partial charge in [0.1, 0.15) is 5.75 Å². The number of carbonyl (C=O) groups is 2. The van der Waals surface area contributed by atoms with Gasteiger partial charge in [0.05, 0.1) is 25.3 Å². The van der Waals surface area contributed by atoms with Crippen LogP contribution in [-0.4, -0.2) is 31.5 Å². The molecule has 0 saturated heterocycles. The van der Waals surface area contributed by atoms with E-state index in [0.717, 1.165) is 27.3 Å². The highest BCUT2D eigenvalue weighted by atomic mass is 32.2. The molecule has 0 radical (unpaired) electrons. The number of nitrogens with one attached hydrogen (secondary N) is 2. The summed E-state index contributed by atoms with van der Waals surface area (Å²) in [6, 6.07) is 12.7. The van der Waals surface area contributed by atoms with Gasteiger partial charge in [-0.25, -0.2) is 9.59 Å². The Labute approximate surface area is 181 Å². The number of hydrogen-bond donors (Lipinski definition) is 2. The van der Waals surface area contributed by atoms with Crippen LogP contribution in [0.3, 0.4) is 0 Å². The lowest BCUT2D eigenvalue weighted by molar-refractivity contribution is -0.139. The fraction of sp³-hybridized carbons (Fsp3) is 0.304. The fourth-order valence-electron chi connectivity index (χ4n) is 3.31. The van der Waals surface area contributed by atoms with Crippen molar-refractivity contribution in [1.82, 2.24) is 10.6 Å². The van der Waals surface area contributed by atoms with Crippen molar-refractivity contribution in [1.29, 1.82) is 0 Å². The lowest BCUT2D eigenvalue weighted by Crippen LogP contribution is -2.46. The summed E-state index contributed by atoms with van der Waals surface area (Å²) in [7, 11) is 1.62. The van der Waals surface area contributed by atoms with Gasteiger partial charge in [0, 0.05) is 16.3 Å². The van der Waals surface area contributed by atoms with E-state index in [9.17, 15) is 9.59 Å². The summed E-state index contributed by atoms with van der Waals surface area (Å²) in [6.45, 7) is 5.98. The molecule has 7 heteroatoms. The average molecular weight is 427 g/mol. The van der Waals surface area contributed by atoms with Crippen LogP contribution in [0.1, 0.15) is 29.7 Å². The molecule has 1 aliphatic heterocycles. The standard InChI is InChI=1S/C23H26N2O4S/c1-5-29-22(26)20-19(13-30-17-10-8-16(28-4)9-11-17)24-23(27)25-21(20)18-12-14(2)6-7-15(18)3/h6-12,21H,5,13H2,1-4H3,(H2,24,25,27). The Bertz CT molecular complexity index is 970. The number of ether oxygens (including phenoxy) is 2. The van der Waals surface area contributed by atoms with Gasteiger partial charge in [0.2, 0.25) is 0 Å².